The van der Waals surface area contributed by atoms with Crippen molar-refractivity contribution in [3.8, 4) is 5.75 Å². The van der Waals surface area contributed by atoms with Crippen LogP contribution in [-0.2, 0) is 19.6 Å². The first-order valence-corrected chi connectivity index (χ1v) is 12.1. The number of hydrogen-bond acceptors (Lipinski definition) is 7. The maximum Gasteiger partial charge on any atom is 0.259 e. The Hall–Kier alpha value is -3.36. The second kappa shape index (κ2) is 10.1. The molecule has 1 saturated heterocycles. The largest absolute Gasteiger partial charge is 0.495 e. The third-order valence-electron chi connectivity index (χ3n) is 6.66. The van der Waals surface area contributed by atoms with Gasteiger partial charge in [-0.05, 0) is 41.7 Å². The summed E-state index contributed by atoms with van der Waals surface area (Å²) < 4.78 is 5.24. The average molecular weight is 494 g/mol. The van der Waals surface area contributed by atoms with Gasteiger partial charge in [0.2, 0.25) is 5.95 Å². The Balaban J connectivity index is 1.43. The Morgan fingerprint density at radius 1 is 1.23 bits per heavy atom. The zero-order chi connectivity index (χ0) is 24.4. The molecular weight excluding hydrogens is 466 g/mol. The molecule has 1 aromatic heterocycles. The first kappa shape index (κ1) is 23.4. The fourth-order valence-electron chi connectivity index (χ4n) is 4.74. The molecule has 2 aliphatic heterocycles. The van der Waals surface area contributed by atoms with Crippen LogP contribution in [-0.4, -0.2) is 52.2 Å². The minimum absolute atomic E-state index is 0.0159. The lowest BCUT2D eigenvalue weighted by molar-refractivity contribution is 0.0751. The van der Waals surface area contributed by atoms with Crippen LogP contribution < -0.4 is 15.0 Å². The summed E-state index contributed by atoms with van der Waals surface area (Å²) in [7, 11) is 1.58. The van der Waals surface area contributed by atoms with Gasteiger partial charge in [-0.15, -0.1) is 0 Å². The van der Waals surface area contributed by atoms with E-state index < -0.39 is 0 Å². The van der Waals surface area contributed by atoms with Crippen LogP contribution in [0.2, 0.25) is 5.02 Å². The van der Waals surface area contributed by atoms with E-state index in [1.807, 2.05) is 40.1 Å². The number of aliphatic hydroxyl groups is 1. The van der Waals surface area contributed by atoms with Gasteiger partial charge < -0.3 is 25.0 Å². The number of fused-ring (bicyclic) bond motifs is 1. The average Bonchev–Trinajstić information content (AvgIpc) is 3.54. The summed E-state index contributed by atoms with van der Waals surface area (Å²) in [5.41, 5.74) is 3.66. The Bertz CT molecular complexity index is 1210. The molecule has 1 atom stereocenters. The number of nitrogens with one attached hydrogen (secondary N) is 1. The maximum absolute atomic E-state index is 13.6. The number of carbonyl (C=O) groups is 1. The number of anilines is 2. The van der Waals surface area contributed by atoms with Crippen molar-refractivity contribution < 1.29 is 14.6 Å². The van der Waals surface area contributed by atoms with Crippen LogP contribution in [0.3, 0.4) is 0 Å². The van der Waals surface area contributed by atoms with E-state index in [9.17, 15) is 9.90 Å². The number of ether oxygens (including phenoxy) is 1. The molecule has 182 valence electrons. The van der Waals surface area contributed by atoms with Crippen LogP contribution in [0.4, 0.5) is 11.8 Å². The number of hydrogen-bond donors (Lipinski definition) is 2. The Morgan fingerprint density at radius 3 is 2.69 bits per heavy atom. The fourth-order valence-corrected chi connectivity index (χ4v) is 5.02. The van der Waals surface area contributed by atoms with E-state index in [0.717, 1.165) is 36.1 Å². The minimum atomic E-state index is -0.122. The molecule has 8 nitrogen and oxygen atoms in total. The smallest absolute Gasteiger partial charge is 0.259 e. The standard InChI is InChI=1S/C26H28ClN5O3/c1-35-23-9-8-17(11-22(23)27)12-28-24-21(13-29-26(30-24)32-10-4-7-20(32)16-33)25(34)31-14-18-5-2-3-6-19(18)15-31/h2-3,5-6,8-9,11,13,20,33H,4,7,10,12,14-16H2,1H3,(H,28,29,30)/t20-/m0/s1. The Kier molecular flexibility index (Phi) is 6.74. The van der Waals surface area contributed by atoms with E-state index >= 15 is 0 Å². The fraction of sp³-hybridized carbons (Fsp3) is 0.346. The van der Waals surface area contributed by atoms with Crippen molar-refractivity contribution in [2.24, 2.45) is 0 Å². The van der Waals surface area contributed by atoms with Gasteiger partial charge in [0.25, 0.3) is 5.91 Å². The van der Waals surface area contributed by atoms with E-state index in [2.05, 4.69) is 22.4 Å². The second-order valence-electron chi connectivity index (χ2n) is 8.86. The first-order valence-electron chi connectivity index (χ1n) is 11.7. The monoisotopic (exact) mass is 493 g/mol. The predicted molar refractivity (Wildman–Crippen MR) is 135 cm³/mol. The number of rotatable bonds is 7. The van der Waals surface area contributed by atoms with Gasteiger partial charge >= 0.3 is 0 Å². The normalized spacial score (nSPS) is 16.9. The van der Waals surface area contributed by atoms with Crippen molar-refractivity contribution in [1.29, 1.82) is 0 Å². The number of benzene rings is 2. The predicted octanol–water partition coefficient (Wildman–Crippen LogP) is 3.87. The van der Waals surface area contributed by atoms with E-state index in [1.54, 1.807) is 13.3 Å². The summed E-state index contributed by atoms with van der Waals surface area (Å²) in [6.45, 7) is 2.35. The quantitative estimate of drug-likeness (QED) is 0.516. The molecule has 2 aliphatic rings. The van der Waals surface area contributed by atoms with E-state index in [1.165, 1.54) is 0 Å². The van der Waals surface area contributed by atoms with Crippen molar-refractivity contribution in [2.45, 2.75) is 38.5 Å². The van der Waals surface area contributed by atoms with Crippen molar-refractivity contribution in [3.63, 3.8) is 0 Å². The zero-order valence-electron chi connectivity index (χ0n) is 19.6. The van der Waals surface area contributed by atoms with Crippen LogP contribution in [0, 0.1) is 0 Å². The maximum atomic E-state index is 13.6. The molecule has 0 radical (unpaired) electrons. The highest BCUT2D eigenvalue weighted by Crippen LogP contribution is 2.29. The van der Waals surface area contributed by atoms with Gasteiger partial charge in [0.05, 0.1) is 24.8 Å². The van der Waals surface area contributed by atoms with Crippen molar-refractivity contribution in [2.75, 3.05) is 30.5 Å². The summed E-state index contributed by atoms with van der Waals surface area (Å²) in [5, 5.41) is 13.6. The van der Waals surface area contributed by atoms with Gasteiger partial charge in [-0.2, -0.15) is 4.98 Å². The zero-order valence-corrected chi connectivity index (χ0v) is 20.3. The third-order valence-corrected chi connectivity index (χ3v) is 6.95. The summed E-state index contributed by atoms with van der Waals surface area (Å²) >= 11 is 6.30. The highest BCUT2D eigenvalue weighted by atomic mass is 35.5. The number of nitrogens with zero attached hydrogens (tertiary/aromatic N) is 4. The molecule has 3 heterocycles. The molecule has 0 bridgehead atoms. The number of carbonyl (C=O) groups excluding carboxylic acids is 1. The van der Waals surface area contributed by atoms with Crippen molar-refractivity contribution in [3.05, 3.63) is 75.9 Å². The summed E-state index contributed by atoms with van der Waals surface area (Å²) in [4.78, 5) is 26.7. The van der Waals surface area contributed by atoms with Crippen molar-refractivity contribution >= 4 is 29.3 Å². The van der Waals surface area contributed by atoms with Crippen molar-refractivity contribution in [1.82, 2.24) is 14.9 Å². The number of methoxy groups -OCH3 is 1. The molecule has 1 amide bonds. The number of aliphatic hydroxyl groups excluding tert-OH is 1. The number of amides is 1. The molecule has 0 unspecified atom stereocenters. The molecule has 2 N–H and O–H groups in total. The number of halogens is 1. The SMILES string of the molecule is COc1ccc(CNc2nc(N3CCC[C@H]3CO)ncc2C(=O)N2Cc3ccccc3C2)cc1Cl. The van der Waals surface area contributed by atoms with Gasteiger partial charge in [0.15, 0.2) is 0 Å². The highest BCUT2D eigenvalue weighted by molar-refractivity contribution is 6.32. The van der Waals surface area contributed by atoms with Crippen LogP contribution in [0.15, 0.2) is 48.7 Å². The number of aromatic nitrogens is 2. The highest BCUT2D eigenvalue weighted by Gasteiger charge is 2.30. The molecule has 1 fully saturated rings. The summed E-state index contributed by atoms with van der Waals surface area (Å²) in [6, 6.07) is 13.6. The molecule has 0 aliphatic carbocycles. The molecule has 3 aromatic rings. The van der Waals surface area contributed by atoms with Crippen LogP contribution in [0.5, 0.6) is 5.75 Å². The lowest BCUT2D eigenvalue weighted by atomic mass is 10.1. The van der Waals surface area contributed by atoms with Gasteiger partial charge in [0, 0.05) is 32.4 Å². The molecule has 2 aromatic carbocycles. The van der Waals surface area contributed by atoms with E-state index in [4.69, 9.17) is 21.3 Å². The van der Waals surface area contributed by atoms with Crippen LogP contribution in [0.1, 0.15) is 39.9 Å². The van der Waals surface area contributed by atoms with Gasteiger partial charge in [-0.1, -0.05) is 41.9 Å². The Labute approximate surface area is 209 Å². The van der Waals surface area contributed by atoms with Crippen LogP contribution in [0.25, 0.3) is 0 Å². The second-order valence-corrected chi connectivity index (χ2v) is 9.26. The van der Waals surface area contributed by atoms with E-state index in [0.29, 0.717) is 47.7 Å². The Morgan fingerprint density at radius 2 is 2.00 bits per heavy atom. The van der Waals surface area contributed by atoms with Gasteiger partial charge in [0.1, 0.15) is 17.1 Å². The molecule has 35 heavy (non-hydrogen) atoms. The minimum Gasteiger partial charge on any atom is -0.495 e. The lowest BCUT2D eigenvalue weighted by Gasteiger charge is -2.24. The molecular formula is C26H28ClN5O3. The van der Waals surface area contributed by atoms with E-state index in [-0.39, 0.29) is 18.6 Å². The summed E-state index contributed by atoms with van der Waals surface area (Å²) in [5.74, 6) is 1.46. The molecule has 9 heteroatoms. The van der Waals surface area contributed by atoms with Gasteiger partial charge in [-0.25, -0.2) is 4.98 Å². The third kappa shape index (κ3) is 4.76. The molecule has 0 saturated carbocycles. The first-order chi connectivity index (χ1) is 17.1. The summed E-state index contributed by atoms with van der Waals surface area (Å²) in [6.07, 6.45) is 3.46. The lowest BCUT2D eigenvalue weighted by Crippen LogP contribution is -2.34. The molecule has 5 rings (SSSR count). The molecule has 0 spiro atoms. The topological polar surface area (TPSA) is 90.8 Å². The van der Waals surface area contributed by atoms with Crippen LogP contribution >= 0.6 is 11.6 Å². The van der Waals surface area contributed by atoms with Gasteiger partial charge in [-0.3, -0.25) is 4.79 Å².